The van der Waals surface area contributed by atoms with Gasteiger partial charge in [0.2, 0.25) is 0 Å². The van der Waals surface area contributed by atoms with Gasteiger partial charge >= 0.3 is 51.7 Å². The molecule has 21 nitrogen and oxygen atoms in total. The molecular weight excluding hydrogens is 1790 g/mol. The lowest BCUT2D eigenvalue weighted by Crippen LogP contribution is -2.50. The largest absolute Gasteiger partial charge is 0.870 e. The summed E-state index contributed by atoms with van der Waals surface area (Å²) in [6.07, 6.45) is -1.95. The minimum absolute atomic E-state index is 0. The molecule has 9 unspecified atom stereocenters. The first-order valence-corrected chi connectivity index (χ1v) is 46.9. The summed E-state index contributed by atoms with van der Waals surface area (Å²) in [5, 5.41) is -8.61. The van der Waals surface area contributed by atoms with Crippen LogP contribution in [0.2, 0.25) is 0 Å². The Balaban J connectivity index is 0.000000163. The van der Waals surface area contributed by atoms with Gasteiger partial charge in [-0.3, -0.25) is 23.4 Å². The Kier molecular flexibility index (Phi) is 29.5. The number of hydrogen-bond donors (Lipinski definition) is 0. The van der Waals surface area contributed by atoms with Crippen LogP contribution in [0.4, 0.5) is 48.3 Å². The van der Waals surface area contributed by atoms with E-state index in [0.29, 0.717) is 24.2 Å². The SMILES string of the molecule is CS(=O)(=O)c1ccc(-[s+]2c3ccccc3c3ccccc32)cc1.C[N+](C)(C)Cc1ccccc1.C[N+](C)(C)Cc1ccccc1.O=C(OCCC(F)(F)C(F)(F)S(=O)(=O)[O-])C1CC2c3ccccc3C1c1ccccc12.O=C1OC2C3CC(CC13)C2OC(=O)C1C2c3ccccc3C(c3ccccc32)C1C(=O)OCCC(F)(F)C(F)(F)S(=O)[O-].O=S(=O)([O-])C(F)(F)F.[OH-]. The van der Waals surface area contributed by atoms with Crippen molar-refractivity contribution in [3.05, 3.63) is 286 Å². The monoisotopic (exact) mass is 1880 g/mol. The molecule has 3 fully saturated rings. The number of alkyl halides is 11. The van der Waals surface area contributed by atoms with Gasteiger partial charge in [-0.2, -0.15) is 48.3 Å². The van der Waals surface area contributed by atoms with E-state index in [4.69, 9.17) is 31.9 Å². The van der Waals surface area contributed by atoms with E-state index in [1.54, 1.807) is 48.5 Å². The van der Waals surface area contributed by atoms with Crippen molar-refractivity contribution in [2.75, 3.05) is 61.8 Å². The maximum absolute atomic E-state index is 14.1. The summed E-state index contributed by atoms with van der Waals surface area (Å²) < 4.78 is 270. The number of hydrogen-bond acceptors (Lipinski definition) is 19. The van der Waals surface area contributed by atoms with Crippen molar-refractivity contribution in [3.63, 3.8) is 0 Å². The second-order valence-electron chi connectivity index (χ2n) is 34.0. The second kappa shape index (κ2) is 38.2. The number of ether oxygens (including phenoxy) is 4. The third-order valence-corrected chi connectivity index (χ3v) is 28.9. The van der Waals surface area contributed by atoms with E-state index in [1.165, 1.54) is 37.6 Å². The first-order chi connectivity index (χ1) is 59.3. The van der Waals surface area contributed by atoms with E-state index in [1.807, 2.05) is 72.8 Å². The molecule has 19 rings (SSSR count). The van der Waals surface area contributed by atoms with E-state index in [0.717, 1.165) is 71.5 Å². The highest BCUT2D eigenvalue weighted by atomic mass is 32.2. The van der Waals surface area contributed by atoms with Gasteiger partial charge in [0.1, 0.15) is 25.3 Å². The predicted octanol–water partition coefficient (Wildman–Crippen LogP) is 16.8. The molecule has 2 heterocycles. The number of benzene rings is 9. The summed E-state index contributed by atoms with van der Waals surface area (Å²) in [6.45, 7) is -0.154. The van der Waals surface area contributed by atoms with Crippen molar-refractivity contribution in [2.24, 2.45) is 35.5 Å². The summed E-state index contributed by atoms with van der Waals surface area (Å²) in [5.74, 6) is -18.4. The lowest BCUT2D eigenvalue weighted by atomic mass is 9.54. The van der Waals surface area contributed by atoms with E-state index in [2.05, 4.69) is 151 Å². The number of nitrogens with zero attached hydrogens (tertiary/aromatic N) is 2. The van der Waals surface area contributed by atoms with Crippen LogP contribution in [0.5, 0.6) is 0 Å². The number of carbonyl (C=O) groups is 4. The molecular formula is C91H90F11N2O19S5-. The number of fused-ring (bicyclic) bond motifs is 6. The van der Waals surface area contributed by atoms with Crippen LogP contribution in [-0.4, -0.2) is 183 Å². The van der Waals surface area contributed by atoms with Gasteiger partial charge in [0.25, 0.3) is 0 Å². The summed E-state index contributed by atoms with van der Waals surface area (Å²) >= 11 is -4.40. The number of carbonyl (C=O) groups excluding carboxylic acids is 4. The third-order valence-electron chi connectivity index (χ3n) is 23.2. The van der Waals surface area contributed by atoms with Gasteiger partial charge in [0.05, 0.1) is 96.9 Å². The first kappa shape index (κ1) is 98.7. The fourth-order valence-corrected chi connectivity index (χ4v) is 21.8. The summed E-state index contributed by atoms with van der Waals surface area (Å²) in [7, 11) is -2.79. The molecule has 8 aliphatic carbocycles. The molecule has 1 N–H and O–H groups in total. The Bertz CT molecular complexity index is 5900. The highest BCUT2D eigenvalue weighted by Gasteiger charge is 2.66. The molecule has 9 aromatic carbocycles. The molecule has 1 aromatic heterocycles. The second-order valence-corrected chi connectivity index (χ2v) is 41.7. The molecule has 0 amide bonds. The number of sulfone groups is 1. The minimum atomic E-state index is -6.58. The molecule has 6 bridgehead atoms. The molecule has 1 saturated heterocycles. The zero-order chi connectivity index (χ0) is 92.7. The van der Waals surface area contributed by atoms with Crippen LogP contribution in [0, 0.1) is 35.5 Å². The van der Waals surface area contributed by atoms with Gasteiger partial charge in [0.15, 0.2) is 44.4 Å². The van der Waals surface area contributed by atoms with Crippen molar-refractivity contribution in [2.45, 2.75) is 114 Å². The Hall–Kier alpha value is -9.93. The Morgan fingerprint density at radius 2 is 0.859 bits per heavy atom. The average molecular weight is 1890 g/mol. The predicted molar refractivity (Wildman–Crippen MR) is 450 cm³/mol. The van der Waals surface area contributed by atoms with Crippen LogP contribution < -0.4 is 0 Å². The Labute approximate surface area is 737 Å². The number of esters is 4. The normalized spacial score (nSPS) is 21.9. The number of halogens is 11. The van der Waals surface area contributed by atoms with E-state index in [9.17, 15) is 97.6 Å². The van der Waals surface area contributed by atoms with Crippen molar-refractivity contribution in [1.82, 2.24) is 0 Å². The molecule has 0 spiro atoms. The van der Waals surface area contributed by atoms with Crippen molar-refractivity contribution < 1.29 is 144 Å². The summed E-state index contributed by atoms with van der Waals surface area (Å²) in [5.41, 5.74) is 4.22. The fourth-order valence-electron chi connectivity index (χ4n) is 17.9. The van der Waals surface area contributed by atoms with Crippen LogP contribution in [0.15, 0.2) is 235 Å². The molecule has 0 radical (unpaired) electrons. The zero-order valence-electron chi connectivity index (χ0n) is 69.6. The van der Waals surface area contributed by atoms with Gasteiger partial charge < -0.3 is 47.0 Å². The maximum Gasteiger partial charge on any atom is 0.485 e. The highest BCUT2D eigenvalue weighted by molar-refractivity contribution is 7.90. The molecule has 9 aliphatic rings. The fraction of sp³-hybridized carbons (Fsp3) is 0.363. The van der Waals surface area contributed by atoms with Crippen molar-refractivity contribution in [3.8, 4) is 4.90 Å². The van der Waals surface area contributed by atoms with Gasteiger partial charge in [0, 0.05) is 85.2 Å². The van der Waals surface area contributed by atoms with Gasteiger partial charge in [-0.25, -0.2) is 25.3 Å². The van der Waals surface area contributed by atoms with Gasteiger partial charge in [-0.15, -0.1) is 0 Å². The van der Waals surface area contributed by atoms with Crippen molar-refractivity contribution >= 4 is 95.7 Å². The van der Waals surface area contributed by atoms with Crippen LogP contribution in [0.3, 0.4) is 0 Å². The molecule has 1 aliphatic heterocycles. The summed E-state index contributed by atoms with van der Waals surface area (Å²) in [4.78, 5) is 54.2. The lowest BCUT2D eigenvalue weighted by Gasteiger charge is -2.48. The lowest BCUT2D eigenvalue weighted by molar-refractivity contribution is -0.884. The quantitative estimate of drug-likeness (QED) is 0.01000. The van der Waals surface area contributed by atoms with E-state index >= 15 is 0 Å². The number of rotatable bonds is 20. The highest BCUT2D eigenvalue weighted by Crippen LogP contribution is 2.62. The topological polar surface area (TPSA) is 324 Å². The standard InChI is InChI=1S/C30H26F4O8S.C21H18F4O5S.C19H15O2S2.2C10H16N.CHF3O3S.H2O/c31-29(32,30(33,34)43(38)39)9-10-40-27(36)22-20-14-5-1-3-7-16(14)21(17-8-4-2-6-15(17)20)23(22)28(37)41-24-13-11-18-19(12-13)26(35)42-25(18)24;22-20(23,21(24,25)31(27,28)29)9-10-30-19(26)17-11-16-12-5-1-3-7-14(12)18(17)15-8-4-2-6-13(15)16;1-23(20,21)15-12-10-14(11-13-15)22-18-8-4-2-6-16(18)17-7-3-5-9-19(17)22;2*1-11(2,3)9-10-7-5-4-6-8-10;2-1(3,4)8(5,6)7;/h1-8,13,18-25H,9-12H2,(H,38,39);1-8,16-18H,9-11H2,(H,27,28,29);2-13H,1H3;2*4-8H,9H2,1-3H3;(H,5,6,7);1H2/q;;3*+1;;/p-4. The molecule has 9 atom stereocenters. The molecule has 10 aromatic rings. The molecule has 686 valence electrons. The first-order valence-electron chi connectivity index (χ1n) is 39.9. The zero-order valence-corrected chi connectivity index (χ0v) is 73.7. The van der Waals surface area contributed by atoms with Gasteiger partial charge in [-0.05, 0) is 112 Å². The van der Waals surface area contributed by atoms with E-state index < -0.39 is 155 Å². The van der Waals surface area contributed by atoms with Gasteiger partial charge in [-0.1, -0.05) is 182 Å². The van der Waals surface area contributed by atoms with Crippen LogP contribution in [-0.2, 0) is 92.4 Å². The van der Waals surface area contributed by atoms with Crippen LogP contribution in [0.25, 0.3) is 25.1 Å². The van der Waals surface area contributed by atoms with Crippen LogP contribution >= 0.6 is 10.5 Å². The van der Waals surface area contributed by atoms with E-state index in [-0.39, 0.29) is 51.5 Å². The molecule has 37 heteroatoms. The smallest absolute Gasteiger partial charge is 0.485 e. The minimum Gasteiger partial charge on any atom is -0.870 e. The number of thiophene rings is 1. The molecule has 2 saturated carbocycles. The maximum atomic E-state index is 14.1. The Morgan fingerprint density at radius 3 is 1.26 bits per heavy atom. The Morgan fingerprint density at radius 1 is 0.484 bits per heavy atom. The summed E-state index contributed by atoms with van der Waals surface area (Å²) in [6, 6.07) is 74.9. The average Bonchev–Trinajstić information content (AvgIpc) is 0.857. The third kappa shape index (κ3) is 21.1. The molecule has 128 heavy (non-hydrogen) atoms. The van der Waals surface area contributed by atoms with Crippen LogP contribution in [0.1, 0.15) is 111 Å². The number of quaternary nitrogens is 2. The van der Waals surface area contributed by atoms with Crippen molar-refractivity contribution in [1.29, 1.82) is 0 Å².